The molecule has 0 bridgehead atoms. The van der Waals surface area contributed by atoms with Crippen molar-refractivity contribution in [2.75, 3.05) is 12.0 Å². The second-order valence-electron chi connectivity index (χ2n) is 3.47. The highest BCUT2D eigenvalue weighted by Gasteiger charge is 1.99. The lowest BCUT2D eigenvalue weighted by Crippen LogP contribution is -2.34. The van der Waals surface area contributed by atoms with Gasteiger partial charge in [-0.2, -0.15) is 0 Å². The molecule has 1 aromatic heterocycles. The summed E-state index contributed by atoms with van der Waals surface area (Å²) in [6.45, 7) is 0.581. The van der Waals surface area contributed by atoms with E-state index in [-0.39, 0.29) is 6.03 Å². The van der Waals surface area contributed by atoms with Crippen molar-refractivity contribution in [2.24, 2.45) is 0 Å². The number of rotatable bonds is 4. The van der Waals surface area contributed by atoms with Crippen LogP contribution in [-0.4, -0.2) is 27.4 Å². The van der Waals surface area contributed by atoms with Gasteiger partial charge >= 0.3 is 6.03 Å². The molecule has 0 unspecified atom stereocenters. The molecule has 1 heterocycles. The Kier molecular flexibility index (Phi) is 3.69. The van der Waals surface area contributed by atoms with Crippen molar-refractivity contribution in [3.63, 3.8) is 0 Å². The smallest absolute Gasteiger partial charge is 0.333 e. The molecule has 2 aromatic rings. The number of urea groups is 1. The van der Waals surface area contributed by atoms with E-state index in [4.69, 9.17) is 0 Å². The third-order valence-electron chi connectivity index (χ3n) is 2.19. The first-order valence-electron chi connectivity index (χ1n) is 5.28. The van der Waals surface area contributed by atoms with Crippen LogP contribution in [0, 0.1) is 0 Å². The SMILES string of the molecule is O=C(NCCc1ccccc1)Nn1cnnc1. The highest BCUT2D eigenvalue weighted by atomic mass is 16.2. The van der Waals surface area contributed by atoms with Gasteiger partial charge in [0, 0.05) is 6.54 Å². The number of benzene rings is 1. The minimum Gasteiger partial charge on any atom is -0.336 e. The lowest BCUT2D eigenvalue weighted by atomic mass is 10.1. The molecular weight excluding hydrogens is 218 g/mol. The van der Waals surface area contributed by atoms with E-state index >= 15 is 0 Å². The third-order valence-corrected chi connectivity index (χ3v) is 2.19. The highest BCUT2D eigenvalue weighted by molar-refractivity contribution is 5.81. The lowest BCUT2D eigenvalue weighted by Gasteiger charge is -2.06. The van der Waals surface area contributed by atoms with Gasteiger partial charge in [-0.3, -0.25) is 0 Å². The molecule has 6 heteroatoms. The van der Waals surface area contributed by atoms with Crippen LogP contribution >= 0.6 is 0 Å². The van der Waals surface area contributed by atoms with Crippen LogP contribution in [0.25, 0.3) is 0 Å². The fourth-order valence-corrected chi connectivity index (χ4v) is 1.38. The quantitative estimate of drug-likeness (QED) is 0.816. The maximum atomic E-state index is 11.4. The van der Waals surface area contributed by atoms with Crippen molar-refractivity contribution in [1.29, 1.82) is 0 Å². The van der Waals surface area contributed by atoms with Crippen LogP contribution < -0.4 is 10.7 Å². The van der Waals surface area contributed by atoms with Gasteiger partial charge in [0.1, 0.15) is 12.7 Å². The van der Waals surface area contributed by atoms with Crippen LogP contribution in [-0.2, 0) is 6.42 Å². The van der Waals surface area contributed by atoms with Crippen LogP contribution in [0.5, 0.6) is 0 Å². The van der Waals surface area contributed by atoms with Gasteiger partial charge in [0.05, 0.1) is 0 Å². The fourth-order valence-electron chi connectivity index (χ4n) is 1.38. The summed E-state index contributed by atoms with van der Waals surface area (Å²) < 4.78 is 1.39. The molecule has 0 saturated heterocycles. The van der Waals surface area contributed by atoms with E-state index in [2.05, 4.69) is 20.9 Å². The van der Waals surface area contributed by atoms with Gasteiger partial charge in [-0.15, -0.1) is 10.2 Å². The summed E-state index contributed by atoms with van der Waals surface area (Å²) in [6, 6.07) is 9.70. The van der Waals surface area contributed by atoms with E-state index in [1.807, 2.05) is 30.3 Å². The maximum Gasteiger partial charge on any atom is 0.333 e. The monoisotopic (exact) mass is 231 g/mol. The zero-order chi connectivity index (χ0) is 11.9. The molecule has 0 saturated carbocycles. The Morgan fingerprint density at radius 2 is 1.88 bits per heavy atom. The molecule has 0 spiro atoms. The van der Waals surface area contributed by atoms with Gasteiger partial charge < -0.3 is 5.32 Å². The lowest BCUT2D eigenvalue weighted by molar-refractivity contribution is 0.249. The van der Waals surface area contributed by atoms with Gasteiger partial charge in [0.15, 0.2) is 0 Å². The van der Waals surface area contributed by atoms with Crippen molar-refractivity contribution in [3.05, 3.63) is 48.5 Å². The number of nitrogens with zero attached hydrogens (tertiary/aromatic N) is 3. The number of carbonyl (C=O) groups excluding carboxylic acids is 1. The standard InChI is InChI=1S/C11H13N5O/c17-11(15-16-8-13-14-9-16)12-7-6-10-4-2-1-3-5-10/h1-5,8-9H,6-7H2,(H2,12,15,17). The summed E-state index contributed by atoms with van der Waals surface area (Å²) in [7, 11) is 0. The molecule has 0 radical (unpaired) electrons. The van der Waals surface area contributed by atoms with Crippen molar-refractivity contribution in [3.8, 4) is 0 Å². The van der Waals surface area contributed by atoms with Crippen LogP contribution in [0.3, 0.4) is 0 Å². The Morgan fingerprint density at radius 3 is 2.59 bits per heavy atom. The number of hydrogen-bond acceptors (Lipinski definition) is 3. The molecule has 1 aromatic carbocycles. The van der Waals surface area contributed by atoms with E-state index in [1.165, 1.54) is 22.9 Å². The summed E-state index contributed by atoms with van der Waals surface area (Å²) in [5.74, 6) is 0. The Balaban J connectivity index is 1.70. The predicted molar refractivity (Wildman–Crippen MR) is 62.9 cm³/mol. The molecule has 2 rings (SSSR count). The number of carbonyl (C=O) groups is 1. The molecule has 0 atom stereocenters. The first kappa shape index (κ1) is 11.1. The molecular formula is C11H13N5O. The summed E-state index contributed by atoms with van der Waals surface area (Å²) in [5.41, 5.74) is 3.74. The van der Waals surface area contributed by atoms with Gasteiger partial charge in [-0.05, 0) is 12.0 Å². The molecule has 0 aliphatic heterocycles. The van der Waals surface area contributed by atoms with Crippen molar-refractivity contribution >= 4 is 6.03 Å². The van der Waals surface area contributed by atoms with E-state index in [0.29, 0.717) is 6.54 Å². The van der Waals surface area contributed by atoms with Crippen LogP contribution in [0.1, 0.15) is 5.56 Å². The third kappa shape index (κ3) is 3.60. The zero-order valence-corrected chi connectivity index (χ0v) is 9.21. The minimum absolute atomic E-state index is 0.277. The number of hydrogen-bond donors (Lipinski definition) is 2. The topological polar surface area (TPSA) is 71.8 Å². The number of aromatic nitrogens is 3. The Morgan fingerprint density at radius 1 is 1.18 bits per heavy atom. The molecule has 0 aliphatic rings. The average molecular weight is 231 g/mol. The van der Waals surface area contributed by atoms with E-state index < -0.39 is 0 Å². The Labute approximate surface area is 98.6 Å². The molecule has 17 heavy (non-hydrogen) atoms. The van der Waals surface area contributed by atoms with Crippen LogP contribution in [0.2, 0.25) is 0 Å². The van der Waals surface area contributed by atoms with E-state index in [1.54, 1.807) is 0 Å². The second-order valence-corrected chi connectivity index (χ2v) is 3.47. The first-order valence-corrected chi connectivity index (χ1v) is 5.28. The summed E-state index contributed by atoms with van der Waals surface area (Å²) in [4.78, 5) is 11.4. The molecule has 2 N–H and O–H groups in total. The summed E-state index contributed by atoms with van der Waals surface area (Å²) in [5, 5.41) is 9.89. The normalized spacial score (nSPS) is 9.88. The van der Waals surface area contributed by atoms with Gasteiger partial charge in [-0.25, -0.2) is 14.9 Å². The highest BCUT2D eigenvalue weighted by Crippen LogP contribution is 1.97. The van der Waals surface area contributed by atoms with Crippen molar-refractivity contribution in [2.45, 2.75) is 6.42 Å². The Hall–Kier alpha value is -2.37. The molecule has 88 valence electrons. The minimum atomic E-state index is -0.277. The Bertz CT molecular complexity index is 454. The molecule has 2 amide bonds. The number of nitrogens with one attached hydrogen (secondary N) is 2. The van der Waals surface area contributed by atoms with Crippen molar-refractivity contribution < 1.29 is 4.79 Å². The molecule has 0 aliphatic carbocycles. The van der Waals surface area contributed by atoms with Gasteiger partial charge in [0.2, 0.25) is 0 Å². The average Bonchev–Trinajstić information content (AvgIpc) is 2.83. The summed E-state index contributed by atoms with van der Waals surface area (Å²) >= 11 is 0. The maximum absolute atomic E-state index is 11.4. The first-order chi connectivity index (χ1) is 8.34. The zero-order valence-electron chi connectivity index (χ0n) is 9.21. The van der Waals surface area contributed by atoms with Crippen LogP contribution in [0.15, 0.2) is 43.0 Å². The van der Waals surface area contributed by atoms with Gasteiger partial charge in [-0.1, -0.05) is 30.3 Å². The summed E-state index contributed by atoms with van der Waals surface area (Å²) in [6.07, 6.45) is 3.63. The molecule has 6 nitrogen and oxygen atoms in total. The van der Waals surface area contributed by atoms with Crippen LogP contribution in [0.4, 0.5) is 4.79 Å². The second kappa shape index (κ2) is 5.64. The largest absolute Gasteiger partial charge is 0.336 e. The number of amides is 2. The fraction of sp³-hybridized carbons (Fsp3) is 0.182. The van der Waals surface area contributed by atoms with Crippen molar-refractivity contribution in [1.82, 2.24) is 20.2 Å². The predicted octanol–water partition coefficient (Wildman–Crippen LogP) is 0.774. The molecule has 0 fully saturated rings. The van der Waals surface area contributed by atoms with Gasteiger partial charge in [0.25, 0.3) is 0 Å². The van der Waals surface area contributed by atoms with E-state index in [0.717, 1.165) is 6.42 Å². The van der Waals surface area contributed by atoms with E-state index in [9.17, 15) is 4.79 Å².